The van der Waals surface area contributed by atoms with Gasteiger partial charge in [0.1, 0.15) is 18.4 Å². The van der Waals surface area contributed by atoms with E-state index in [2.05, 4.69) is 31.8 Å². The van der Waals surface area contributed by atoms with E-state index in [1.165, 1.54) is 12.3 Å². The minimum absolute atomic E-state index is 0.222. The van der Waals surface area contributed by atoms with Crippen molar-refractivity contribution in [1.29, 1.82) is 0 Å². The maximum Gasteiger partial charge on any atom is 0.262 e. The molecule has 240 valence electrons. The van der Waals surface area contributed by atoms with Crippen LogP contribution in [0, 0.1) is 0 Å². The highest BCUT2D eigenvalue weighted by Gasteiger charge is 2.25. The average Bonchev–Trinajstić information content (AvgIpc) is 3.03. The highest BCUT2D eigenvalue weighted by molar-refractivity contribution is 9.10. The summed E-state index contributed by atoms with van der Waals surface area (Å²) in [5.74, 6) is 0.253. The summed E-state index contributed by atoms with van der Waals surface area (Å²) in [6.07, 6.45) is 0.736. The van der Waals surface area contributed by atoms with Crippen LogP contribution in [0.2, 0.25) is 15.1 Å². The molecule has 8 nitrogen and oxygen atoms in total. The van der Waals surface area contributed by atoms with Crippen molar-refractivity contribution in [2.75, 3.05) is 6.61 Å². The van der Waals surface area contributed by atoms with Gasteiger partial charge in [-0.3, -0.25) is 9.59 Å². The van der Waals surface area contributed by atoms with Gasteiger partial charge in [-0.2, -0.15) is 5.10 Å². The van der Waals surface area contributed by atoms with Gasteiger partial charge in [0.2, 0.25) is 0 Å². The molecule has 0 radical (unpaired) electrons. The number of hydrogen-bond acceptors (Lipinski definition) is 6. The van der Waals surface area contributed by atoms with Gasteiger partial charge >= 0.3 is 0 Å². The molecule has 0 saturated heterocycles. The number of carbonyl (C=O) groups excluding carboxylic acids is 2. The van der Waals surface area contributed by atoms with Gasteiger partial charge in [-0.05, 0) is 77.3 Å². The van der Waals surface area contributed by atoms with Crippen molar-refractivity contribution in [2.24, 2.45) is 5.10 Å². The molecule has 2 N–H and O–H groups in total. The van der Waals surface area contributed by atoms with Gasteiger partial charge in [-0.25, -0.2) is 5.43 Å². The summed E-state index contributed by atoms with van der Waals surface area (Å²) in [6, 6.07) is 24.0. The van der Waals surface area contributed by atoms with E-state index in [4.69, 9.17) is 49.0 Å². The van der Waals surface area contributed by atoms with E-state index in [0.29, 0.717) is 43.9 Å². The summed E-state index contributed by atoms with van der Waals surface area (Å²) in [6.45, 7) is 4.07. The van der Waals surface area contributed by atoms with E-state index in [-0.39, 0.29) is 18.1 Å². The van der Waals surface area contributed by atoms with Gasteiger partial charge in [0.15, 0.2) is 17.6 Å². The lowest BCUT2D eigenvalue weighted by molar-refractivity contribution is -0.132. The molecule has 2 amide bonds. The Morgan fingerprint density at radius 3 is 2.35 bits per heavy atom. The van der Waals surface area contributed by atoms with Gasteiger partial charge in [0.05, 0.1) is 22.3 Å². The van der Waals surface area contributed by atoms with Crippen LogP contribution in [0.5, 0.6) is 17.2 Å². The fourth-order valence-corrected chi connectivity index (χ4v) is 5.46. The summed E-state index contributed by atoms with van der Waals surface area (Å²) in [7, 11) is 0. The van der Waals surface area contributed by atoms with E-state index >= 15 is 0 Å². The Kier molecular flexibility index (Phi) is 13.2. The van der Waals surface area contributed by atoms with Crippen LogP contribution < -0.4 is 25.0 Å². The van der Waals surface area contributed by atoms with Crippen LogP contribution >= 0.6 is 50.7 Å². The Bertz CT molecular complexity index is 1690. The third kappa shape index (κ3) is 10.1. The Morgan fingerprint density at radius 2 is 1.63 bits per heavy atom. The number of carbonyl (C=O) groups is 2. The molecule has 0 heterocycles. The molecule has 4 aromatic carbocycles. The van der Waals surface area contributed by atoms with Crippen molar-refractivity contribution in [3.05, 3.63) is 121 Å². The zero-order valence-electron chi connectivity index (χ0n) is 24.9. The number of hydrogen-bond donors (Lipinski definition) is 2. The summed E-state index contributed by atoms with van der Waals surface area (Å²) in [4.78, 5) is 26.4. The van der Waals surface area contributed by atoms with Gasteiger partial charge < -0.3 is 19.5 Å². The predicted octanol–water partition coefficient (Wildman–Crippen LogP) is 8.03. The number of halogens is 4. The molecule has 0 saturated carbocycles. The number of nitrogens with zero attached hydrogens (tertiary/aromatic N) is 1. The molecule has 0 bridgehead atoms. The third-order valence-corrected chi connectivity index (χ3v) is 8.02. The molecule has 2 atom stereocenters. The first-order valence-electron chi connectivity index (χ1n) is 14.3. The van der Waals surface area contributed by atoms with Crippen molar-refractivity contribution >= 4 is 68.8 Å². The molecule has 0 fully saturated rings. The maximum absolute atomic E-state index is 13.3. The molecule has 0 spiro atoms. The number of benzene rings is 4. The van der Waals surface area contributed by atoms with Crippen molar-refractivity contribution < 1.29 is 23.8 Å². The molecule has 0 aliphatic carbocycles. The van der Waals surface area contributed by atoms with Crippen LogP contribution in [-0.4, -0.2) is 36.8 Å². The number of ether oxygens (including phenoxy) is 3. The number of nitrogens with one attached hydrogen (secondary N) is 2. The van der Waals surface area contributed by atoms with E-state index in [1.54, 1.807) is 37.3 Å². The summed E-state index contributed by atoms with van der Waals surface area (Å²) < 4.78 is 18.2. The maximum atomic E-state index is 13.3. The Balaban J connectivity index is 1.45. The summed E-state index contributed by atoms with van der Waals surface area (Å²) >= 11 is 22.0. The van der Waals surface area contributed by atoms with Crippen LogP contribution in [0.15, 0.2) is 94.5 Å². The predicted molar refractivity (Wildman–Crippen MR) is 185 cm³/mol. The quantitative estimate of drug-likeness (QED) is 0.101. The smallest absolute Gasteiger partial charge is 0.262 e. The molecule has 4 rings (SSSR count). The second kappa shape index (κ2) is 17.2. The van der Waals surface area contributed by atoms with Crippen LogP contribution in [0.1, 0.15) is 30.5 Å². The van der Waals surface area contributed by atoms with Crippen molar-refractivity contribution in [3.8, 4) is 17.2 Å². The topological polar surface area (TPSA) is 98.2 Å². The fraction of sp³-hybridized carbons (Fsp3) is 0.206. The van der Waals surface area contributed by atoms with Gasteiger partial charge in [-0.15, -0.1) is 0 Å². The second-order valence-corrected chi connectivity index (χ2v) is 12.1. The molecular formula is C34H31BrCl3N3O5. The Hall–Kier alpha value is -3.76. The number of rotatable bonds is 14. The monoisotopic (exact) mass is 745 g/mol. The first-order valence-corrected chi connectivity index (χ1v) is 16.2. The zero-order chi connectivity index (χ0) is 33.1. The number of hydrazone groups is 1. The molecule has 0 aliphatic heterocycles. The van der Waals surface area contributed by atoms with Crippen molar-refractivity contribution in [2.45, 2.75) is 39.0 Å². The van der Waals surface area contributed by atoms with Gasteiger partial charge in [-0.1, -0.05) is 83.3 Å². The molecule has 12 heteroatoms. The minimum atomic E-state index is -0.957. The molecule has 46 heavy (non-hydrogen) atoms. The lowest BCUT2D eigenvalue weighted by atomic mass is 10.1. The summed E-state index contributed by atoms with van der Waals surface area (Å²) in [5.41, 5.74) is 4.85. The normalized spacial score (nSPS) is 12.3. The third-order valence-electron chi connectivity index (χ3n) is 6.53. The van der Waals surface area contributed by atoms with E-state index in [9.17, 15) is 9.59 Å². The highest BCUT2D eigenvalue weighted by Crippen LogP contribution is 2.37. The fourth-order valence-electron chi connectivity index (χ4n) is 4.24. The molecular weight excluding hydrogens is 717 g/mol. The highest BCUT2D eigenvalue weighted by atomic mass is 79.9. The van der Waals surface area contributed by atoms with E-state index in [0.717, 1.165) is 11.1 Å². The standard InChI is InChI=1S/C34H31BrCl3N3O5/c1-3-44-31-17-23(15-26(35)32(31)45-20-24-11-7-8-12-27(24)37)19-39-41-34(43)29(16-22-9-5-4-6-10-22)40-33(42)21(2)46-30-14-13-25(36)18-28(30)38/h4-15,17-19,21,29H,3,16,20H2,1-2H3,(H,40,42)(H,41,43)/b39-19-/t21-,29-/m0/s1. The van der Waals surface area contributed by atoms with Crippen LogP contribution in [0.3, 0.4) is 0 Å². The first kappa shape index (κ1) is 35.1. The largest absolute Gasteiger partial charge is 0.490 e. The molecule has 0 unspecified atom stereocenters. The molecule has 4 aromatic rings. The Morgan fingerprint density at radius 1 is 0.891 bits per heavy atom. The van der Waals surface area contributed by atoms with E-state index in [1.807, 2.05) is 55.5 Å². The average molecular weight is 748 g/mol. The zero-order valence-corrected chi connectivity index (χ0v) is 28.8. The summed E-state index contributed by atoms with van der Waals surface area (Å²) in [5, 5.41) is 8.22. The van der Waals surface area contributed by atoms with Gasteiger partial charge in [0.25, 0.3) is 11.8 Å². The Labute approximate surface area is 291 Å². The number of amides is 2. The lowest BCUT2D eigenvalue weighted by Crippen LogP contribution is -2.50. The second-order valence-electron chi connectivity index (χ2n) is 9.96. The van der Waals surface area contributed by atoms with E-state index < -0.39 is 24.0 Å². The van der Waals surface area contributed by atoms with Crippen molar-refractivity contribution in [1.82, 2.24) is 10.7 Å². The lowest BCUT2D eigenvalue weighted by Gasteiger charge is -2.21. The first-order chi connectivity index (χ1) is 22.1. The van der Waals surface area contributed by atoms with Crippen LogP contribution in [-0.2, 0) is 22.6 Å². The van der Waals surface area contributed by atoms with Crippen molar-refractivity contribution in [3.63, 3.8) is 0 Å². The molecule has 0 aliphatic rings. The van der Waals surface area contributed by atoms with Crippen LogP contribution in [0.25, 0.3) is 0 Å². The SMILES string of the molecule is CCOc1cc(/C=N\NC(=O)[C@H](Cc2ccccc2)NC(=O)[C@H](C)Oc2ccc(Cl)cc2Cl)cc(Br)c1OCc1ccccc1Cl. The van der Waals surface area contributed by atoms with Gasteiger partial charge in [0, 0.05) is 22.0 Å². The van der Waals surface area contributed by atoms with Crippen LogP contribution in [0.4, 0.5) is 0 Å². The molecule has 0 aromatic heterocycles. The minimum Gasteiger partial charge on any atom is -0.490 e.